The summed E-state index contributed by atoms with van der Waals surface area (Å²) in [5.74, 6) is 0.376. The third kappa shape index (κ3) is 6.76. The van der Waals surface area contributed by atoms with Gasteiger partial charge in [-0.2, -0.15) is 0 Å². The largest absolute Gasteiger partial charge is 0.447 e. The molecule has 1 atom stereocenters. The van der Waals surface area contributed by atoms with Gasteiger partial charge in [-0.3, -0.25) is 14.6 Å². The van der Waals surface area contributed by atoms with E-state index in [4.69, 9.17) is 4.42 Å². The highest BCUT2D eigenvalue weighted by atomic mass is 16.3. The molecule has 1 aromatic rings. The predicted molar refractivity (Wildman–Crippen MR) is 96.4 cm³/mol. The molecule has 0 aromatic carbocycles. The third-order valence-electron chi connectivity index (χ3n) is 4.39. The van der Waals surface area contributed by atoms with Gasteiger partial charge in [-0.1, -0.05) is 19.8 Å². The first-order chi connectivity index (χ1) is 12.0. The second-order valence-electron chi connectivity index (χ2n) is 7.13. The number of carbonyl (C=O) groups excluding carboxylic acids is 1. The molecular weight excluding hydrogens is 320 g/mol. The molecule has 0 bridgehead atoms. The molecule has 0 aliphatic carbocycles. The van der Waals surface area contributed by atoms with E-state index in [9.17, 15) is 9.90 Å². The number of carbonyl (C=O) groups is 1. The monoisotopic (exact) mass is 352 g/mol. The van der Waals surface area contributed by atoms with Crippen molar-refractivity contribution in [3.8, 4) is 0 Å². The maximum absolute atomic E-state index is 11.9. The minimum Gasteiger partial charge on any atom is -0.447 e. The van der Waals surface area contributed by atoms with Gasteiger partial charge in [-0.15, -0.1) is 0 Å². The Labute approximate surface area is 150 Å². The molecule has 2 N–H and O–H groups in total. The fourth-order valence-corrected chi connectivity index (χ4v) is 2.97. The van der Waals surface area contributed by atoms with E-state index in [-0.39, 0.29) is 18.1 Å². The van der Waals surface area contributed by atoms with Crippen molar-refractivity contribution in [2.45, 2.75) is 58.7 Å². The van der Waals surface area contributed by atoms with Gasteiger partial charge in [0.25, 0.3) is 5.91 Å². The average molecular weight is 352 g/mol. The van der Waals surface area contributed by atoms with Gasteiger partial charge in [0, 0.05) is 38.8 Å². The van der Waals surface area contributed by atoms with E-state index < -0.39 is 0 Å². The van der Waals surface area contributed by atoms with E-state index in [1.165, 1.54) is 6.26 Å². The normalized spacial score (nSPS) is 17.8. The van der Waals surface area contributed by atoms with Crippen LogP contribution in [0.3, 0.4) is 0 Å². The lowest BCUT2D eigenvalue weighted by atomic mass is 10.1. The molecule has 0 saturated carbocycles. The fourth-order valence-electron chi connectivity index (χ4n) is 2.97. The van der Waals surface area contributed by atoms with Gasteiger partial charge in [0.15, 0.2) is 5.69 Å². The minimum absolute atomic E-state index is 0.0772. The molecule has 142 valence electrons. The van der Waals surface area contributed by atoms with Crippen molar-refractivity contribution in [3.05, 3.63) is 17.8 Å². The summed E-state index contributed by atoms with van der Waals surface area (Å²) < 4.78 is 5.44. The number of amides is 1. The summed E-state index contributed by atoms with van der Waals surface area (Å²) in [6.45, 7) is 11.0. The molecule has 2 heterocycles. The molecular formula is C18H32N4O3. The fraction of sp³-hybridized carbons (Fsp3) is 0.778. The Morgan fingerprint density at radius 1 is 1.32 bits per heavy atom. The lowest BCUT2D eigenvalue weighted by molar-refractivity contribution is 0.0627. The van der Waals surface area contributed by atoms with Crippen LogP contribution in [0, 0.1) is 0 Å². The first-order valence-electron chi connectivity index (χ1n) is 9.36. The molecule has 1 fully saturated rings. The van der Waals surface area contributed by atoms with E-state index in [0.29, 0.717) is 18.1 Å². The number of β-amino-alcohol motifs (C(OH)–C–C–N with tert-alkyl or cyclic N) is 1. The van der Waals surface area contributed by atoms with Crippen LogP contribution in [-0.4, -0.2) is 70.7 Å². The number of oxazole rings is 1. The van der Waals surface area contributed by atoms with Gasteiger partial charge in [0.1, 0.15) is 6.26 Å². The van der Waals surface area contributed by atoms with Gasteiger partial charge in [0.05, 0.1) is 12.6 Å². The SMILES string of the molecule is CCCCC(O)CN1CCN(Cc2nc(C(=O)NC(C)C)co2)CC1. The third-order valence-corrected chi connectivity index (χ3v) is 4.39. The zero-order valence-electron chi connectivity index (χ0n) is 15.7. The van der Waals surface area contributed by atoms with Crippen LogP contribution in [0.15, 0.2) is 10.7 Å². The van der Waals surface area contributed by atoms with Crippen LogP contribution < -0.4 is 5.32 Å². The van der Waals surface area contributed by atoms with Crippen LogP contribution in [0.25, 0.3) is 0 Å². The molecule has 1 aromatic heterocycles. The molecule has 0 spiro atoms. The quantitative estimate of drug-likeness (QED) is 0.701. The summed E-state index contributed by atoms with van der Waals surface area (Å²) in [5, 5.41) is 12.8. The topological polar surface area (TPSA) is 81.8 Å². The van der Waals surface area contributed by atoms with Gasteiger partial charge >= 0.3 is 0 Å². The predicted octanol–water partition coefficient (Wildman–Crippen LogP) is 1.48. The van der Waals surface area contributed by atoms with Crippen LogP contribution in [-0.2, 0) is 6.54 Å². The van der Waals surface area contributed by atoms with Gasteiger partial charge in [-0.05, 0) is 20.3 Å². The molecule has 1 aliphatic heterocycles. The Kier molecular flexibility index (Phi) is 7.87. The van der Waals surface area contributed by atoms with Gasteiger partial charge in [-0.25, -0.2) is 4.98 Å². The lowest BCUT2D eigenvalue weighted by Crippen LogP contribution is -2.48. The Balaban J connectivity index is 1.73. The van der Waals surface area contributed by atoms with Gasteiger partial charge in [0.2, 0.25) is 5.89 Å². The molecule has 2 rings (SSSR count). The first kappa shape index (κ1) is 19.9. The van der Waals surface area contributed by atoms with Crippen molar-refractivity contribution in [2.75, 3.05) is 32.7 Å². The standard InChI is InChI=1S/C18H32N4O3/c1-4-5-6-15(23)11-21-7-9-22(10-8-21)12-17-20-16(13-25-17)18(24)19-14(2)3/h13-15,23H,4-12H2,1-3H3,(H,19,24). The molecule has 1 amide bonds. The molecule has 25 heavy (non-hydrogen) atoms. The number of rotatable bonds is 9. The van der Waals surface area contributed by atoms with Crippen molar-refractivity contribution < 1.29 is 14.3 Å². The molecule has 0 radical (unpaired) electrons. The highest BCUT2D eigenvalue weighted by molar-refractivity contribution is 5.92. The Morgan fingerprint density at radius 3 is 2.64 bits per heavy atom. The smallest absolute Gasteiger partial charge is 0.273 e. The van der Waals surface area contributed by atoms with E-state index in [1.807, 2.05) is 13.8 Å². The van der Waals surface area contributed by atoms with Crippen molar-refractivity contribution in [1.82, 2.24) is 20.1 Å². The molecule has 1 saturated heterocycles. The molecule has 1 aliphatic rings. The van der Waals surface area contributed by atoms with Crippen LogP contribution in [0.4, 0.5) is 0 Å². The van der Waals surface area contributed by atoms with Crippen LogP contribution >= 0.6 is 0 Å². The second-order valence-corrected chi connectivity index (χ2v) is 7.13. The van der Waals surface area contributed by atoms with Crippen LogP contribution in [0.5, 0.6) is 0 Å². The van der Waals surface area contributed by atoms with Crippen molar-refractivity contribution in [3.63, 3.8) is 0 Å². The number of hydrogen-bond donors (Lipinski definition) is 2. The van der Waals surface area contributed by atoms with Crippen molar-refractivity contribution in [2.24, 2.45) is 0 Å². The molecule has 7 nitrogen and oxygen atoms in total. The summed E-state index contributed by atoms with van der Waals surface area (Å²) in [5.41, 5.74) is 0.335. The van der Waals surface area contributed by atoms with E-state index in [1.54, 1.807) is 0 Å². The summed E-state index contributed by atoms with van der Waals surface area (Å²) in [6, 6.07) is 0.0772. The van der Waals surface area contributed by atoms with E-state index in [2.05, 4.69) is 27.0 Å². The van der Waals surface area contributed by atoms with E-state index in [0.717, 1.165) is 52.0 Å². The van der Waals surface area contributed by atoms with Crippen LogP contribution in [0.1, 0.15) is 56.4 Å². The lowest BCUT2D eigenvalue weighted by Gasteiger charge is -2.35. The first-order valence-corrected chi connectivity index (χ1v) is 9.36. The highest BCUT2D eigenvalue weighted by Gasteiger charge is 2.21. The maximum Gasteiger partial charge on any atom is 0.273 e. The zero-order valence-corrected chi connectivity index (χ0v) is 15.7. The number of nitrogens with zero attached hydrogens (tertiary/aromatic N) is 3. The molecule has 1 unspecified atom stereocenters. The Morgan fingerprint density at radius 2 is 2.00 bits per heavy atom. The number of nitrogens with one attached hydrogen (secondary N) is 1. The Hall–Kier alpha value is -1.44. The summed E-state index contributed by atoms with van der Waals surface area (Å²) >= 11 is 0. The number of aliphatic hydroxyl groups excluding tert-OH is 1. The maximum atomic E-state index is 11.9. The highest BCUT2D eigenvalue weighted by Crippen LogP contribution is 2.11. The average Bonchev–Trinajstić information content (AvgIpc) is 3.03. The second kappa shape index (κ2) is 9.89. The summed E-state index contributed by atoms with van der Waals surface area (Å²) in [7, 11) is 0. The zero-order chi connectivity index (χ0) is 18.2. The van der Waals surface area contributed by atoms with Gasteiger partial charge < -0.3 is 14.8 Å². The number of piperazine rings is 1. The minimum atomic E-state index is -0.222. The number of aromatic nitrogens is 1. The number of unbranched alkanes of at least 4 members (excludes halogenated alkanes) is 1. The van der Waals surface area contributed by atoms with E-state index >= 15 is 0 Å². The number of hydrogen-bond acceptors (Lipinski definition) is 6. The van der Waals surface area contributed by atoms with Crippen molar-refractivity contribution in [1.29, 1.82) is 0 Å². The summed E-state index contributed by atoms with van der Waals surface area (Å²) in [6.07, 6.45) is 4.29. The molecule has 7 heteroatoms. The summed E-state index contributed by atoms with van der Waals surface area (Å²) in [4.78, 5) is 20.8. The van der Waals surface area contributed by atoms with Crippen LogP contribution in [0.2, 0.25) is 0 Å². The number of aliphatic hydroxyl groups is 1. The Bertz CT molecular complexity index is 524. The van der Waals surface area contributed by atoms with Crippen molar-refractivity contribution >= 4 is 5.91 Å².